The molecule has 0 spiro atoms. The molecule has 0 aliphatic heterocycles. The van der Waals surface area contributed by atoms with E-state index in [0.717, 1.165) is 11.3 Å². The Morgan fingerprint density at radius 1 is 1.18 bits per heavy atom. The van der Waals surface area contributed by atoms with Gasteiger partial charge in [-0.2, -0.15) is 0 Å². The third-order valence-electron chi connectivity index (χ3n) is 2.23. The van der Waals surface area contributed by atoms with Gasteiger partial charge in [-0.25, -0.2) is 9.97 Å². The molecule has 5 heteroatoms. The quantitative estimate of drug-likeness (QED) is 0.847. The normalized spacial score (nSPS) is 10.0. The SMILES string of the molecule is COc1ccc(CNc2ccc(Cl)nc2)cn1. The number of halogens is 1. The van der Waals surface area contributed by atoms with Crippen LogP contribution in [0, 0.1) is 0 Å². The van der Waals surface area contributed by atoms with E-state index in [9.17, 15) is 0 Å². The zero-order valence-electron chi connectivity index (χ0n) is 9.35. The smallest absolute Gasteiger partial charge is 0.212 e. The van der Waals surface area contributed by atoms with Crippen LogP contribution in [0.4, 0.5) is 5.69 Å². The third-order valence-corrected chi connectivity index (χ3v) is 2.45. The Labute approximate surface area is 105 Å². The number of nitrogens with zero attached hydrogens (tertiary/aromatic N) is 2. The molecular weight excluding hydrogens is 238 g/mol. The fourth-order valence-electron chi connectivity index (χ4n) is 1.32. The van der Waals surface area contributed by atoms with E-state index in [4.69, 9.17) is 16.3 Å². The highest BCUT2D eigenvalue weighted by atomic mass is 35.5. The molecule has 0 saturated heterocycles. The van der Waals surface area contributed by atoms with Gasteiger partial charge in [0.15, 0.2) is 0 Å². The lowest BCUT2D eigenvalue weighted by Crippen LogP contribution is -2.00. The Kier molecular flexibility index (Phi) is 3.77. The van der Waals surface area contributed by atoms with Gasteiger partial charge < -0.3 is 10.1 Å². The molecule has 0 aromatic carbocycles. The van der Waals surface area contributed by atoms with Gasteiger partial charge in [-0.3, -0.25) is 0 Å². The zero-order chi connectivity index (χ0) is 12.1. The van der Waals surface area contributed by atoms with Crippen LogP contribution in [0.25, 0.3) is 0 Å². The first-order valence-electron chi connectivity index (χ1n) is 5.12. The van der Waals surface area contributed by atoms with Crippen molar-refractivity contribution in [3.63, 3.8) is 0 Å². The molecule has 1 N–H and O–H groups in total. The summed E-state index contributed by atoms with van der Waals surface area (Å²) in [5.41, 5.74) is 1.99. The van der Waals surface area contributed by atoms with E-state index in [-0.39, 0.29) is 0 Å². The van der Waals surface area contributed by atoms with Crippen LogP contribution >= 0.6 is 11.6 Å². The number of ether oxygens (including phenoxy) is 1. The van der Waals surface area contributed by atoms with Crippen LogP contribution in [0.5, 0.6) is 5.88 Å². The molecule has 4 nitrogen and oxygen atoms in total. The van der Waals surface area contributed by atoms with Crippen molar-refractivity contribution in [2.24, 2.45) is 0 Å². The van der Waals surface area contributed by atoms with Gasteiger partial charge in [-0.1, -0.05) is 17.7 Å². The van der Waals surface area contributed by atoms with Gasteiger partial charge in [0.2, 0.25) is 5.88 Å². The molecule has 2 aromatic rings. The van der Waals surface area contributed by atoms with E-state index in [2.05, 4.69) is 15.3 Å². The van der Waals surface area contributed by atoms with Crippen LogP contribution < -0.4 is 10.1 Å². The number of pyridine rings is 2. The lowest BCUT2D eigenvalue weighted by Gasteiger charge is -2.06. The minimum atomic E-state index is 0.488. The monoisotopic (exact) mass is 249 g/mol. The topological polar surface area (TPSA) is 47.0 Å². The summed E-state index contributed by atoms with van der Waals surface area (Å²) < 4.78 is 4.99. The number of hydrogen-bond donors (Lipinski definition) is 1. The maximum Gasteiger partial charge on any atom is 0.212 e. The largest absolute Gasteiger partial charge is 0.481 e. The van der Waals surface area contributed by atoms with Crippen molar-refractivity contribution in [2.45, 2.75) is 6.54 Å². The van der Waals surface area contributed by atoms with Gasteiger partial charge in [0.25, 0.3) is 0 Å². The van der Waals surface area contributed by atoms with Crippen LogP contribution in [0.2, 0.25) is 5.15 Å². The summed E-state index contributed by atoms with van der Waals surface area (Å²) in [6.45, 7) is 0.681. The van der Waals surface area contributed by atoms with Crippen LogP contribution in [0.3, 0.4) is 0 Å². The summed E-state index contributed by atoms with van der Waals surface area (Å²) in [5, 5.41) is 3.71. The minimum Gasteiger partial charge on any atom is -0.481 e. The first-order chi connectivity index (χ1) is 8.28. The average Bonchev–Trinajstić information content (AvgIpc) is 2.39. The number of hydrogen-bond acceptors (Lipinski definition) is 4. The molecule has 17 heavy (non-hydrogen) atoms. The number of nitrogens with one attached hydrogen (secondary N) is 1. The minimum absolute atomic E-state index is 0.488. The molecule has 0 atom stereocenters. The predicted octanol–water partition coefficient (Wildman–Crippen LogP) is 2.75. The van der Waals surface area contributed by atoms with E-state index in [1.807, 2.05) is 18.2 Å². The first-order valence-corrected chi connectivity index (χ1v) is 5.50. The molecule has 2 rings (SSSR count). The Hall–Kier alpha value is -1.81. The van der Waals surface area contributed by atoms with Gasteiger partial charge in [0.05, 0.1) is 19.0 Å². The van der Waals surface area contributed by atoms with Crippen molar-refractivity contribution in [3.05, 3.63) is 47.4 Å². The first kappa shape index (κ1) is 11.7. The fourth-order valence-corrected chi connectivity index (χ4v) is 1.43. The highest BCUT2D eigenvalue weighted by molar-refractivity contribution is 6.29. The van der Waals surface area contributed by atoms with Crippen LogP contribution in [-0.2, 0) is 6.54 Å². The van der Waals surface area contributed by atoms with E-state index >= 15 is 0 Å². The van der Waals surface area contributed by atoms with Crippen molar-refractivity contribution in [1.82, 2.24) is 9.97 Å². The highest BCUT2D eigenvalue weighted by Gasteiger charge is 1.97. The second kappa shape index (κ2) is 5.50. The van der Waals surface area contributed by atoms with Crippen molar-refractivity contribution in [2.75, 3.05) is 12.4 Å². The maximum absolute atomic E-state index is 5.70. The van der Waals surface area contributed by atoms with Crippen LogP contribution in [0.1, 0.15) is 5.56 Å². The number of aromatic nitrogens is 2. The fraction of sp³-hybridized carbons (Fsp3) is 0.167. The molecule has 0 unspecified atom stereocenters. The molecule has 0 aliphatic carbocycles. The average molecular weight is 250 g/mol. The van der Waals surface area contributed by atoms with Crippen LogP contribution in [0.15, 0.2) is 36.7 Å². The molecule has 0 fully saturated rings. The molecule has 2 heterocycles. The molecule has 2 aromatic heterocycles. The van der Waals surface area contributed by atoms with Crippen molar-refractivity contribution in [3.8, 4) is 5.88 Å². The van der Waals surface area contributed by atoms with E-state index < -0.39 is 0 Å². The van der Waals surface area contributed by atoms with Crippen molar-refractivity contribution >= 4 is 17.3 Å². The zero-order valence-corrected chi connectivity index (χ0v) is 10.1. The Balaban J connectivity index is 1.95. The van der Waals surface area contributed by atoms with E-state index in [1.54, 1.807) is 25.6 Å². The Morgan fingerprint density at radius 3 is 2.65 bits per heavy atom. The van der Waals surface area contributed by atoms with Crippen molar-refractivity contribution in [1.29, 1.82) is 0 Å². The summed E-state index contributed by atoms with van der Waals surface area (Å²) >= 11 is 5.70. The molecular formula is C12H12ClN3O. The van der Waals surface area contributed by atoms with Gasteiger partial charge in [-0.05, 0) is 17.7 Å². The second-order valence-electron chi connectivity index (χ2n) is 3.43. The Bertz CT molecular complexity index is 470. The van der Waals surface area contributed by atoms with Crippen LogP contribution in [-0.4, -0.2) is 17.1 Å². The van der Waals surface area contributed by atoms with Gasteiger partial charge in [0, 0.05) is 18.8 Å². The molecule has 0 amide bonds. The second-order valence-corrected chi connectivity index (χ2v) is 3.82. The summed E-state index contributed by atoms with van der Waals surface area (Å²) in [6.07, 6.45) is 3.47. The lowest BCUT2D eigenvalue weighted by atomic mass is 10.3. The van der Waals surface area contributed by atoms with Gasteiger partial charge in [-0.15, -0.1) is 0 Å². The van der Waals surface area contributed by atoms with Gasteiger partial charge >= 0.3 is 0 Å². The predicted molar refractivity (Wildman–Crippen MR) is 67.4 cm³/mol. The third kappa shape index (κ3) is 3.32. The maximum atomic E-state index is 5.70. The molecule has 0 radical (unpaired) electrons. The highest BCUT2D eigenvalue weighted by Crippen LogP contribution is 2.12. The molecule has 88 valence electrons. The lowest BCUT2D eigenvalue weighted by molar-refractivity contribution is 0.397. The summed E-state index contributed by atoms with van der Waals surface area (Å²) in [5.74, 6) is 0.613. The summed E-state index contributed by atoms with van der Waals surface area (Å²) in [7, 11) is 1.60. The van der Waals surface area contributed by atoms with Crippen molar-refractivity contribution < 1.29 is 4.74 Å². The summed E-state index contributed by atoms with van der Waals surface area (Å²) in [6, 6.07) is 7.42. The van der Waals surface area contributed by atoms with E-state index in [1.165, 1.54) is 0 Å². The molecule has 0 saturated carbocycles. The number of methoxy groups -OCH3 is 1. The standard InChI is InChI=1S/C12H12ClN3O/c1-17-12-5-2-9(7-16-12)6-14-10-3-4-11(13)15-8-10/h2-5,7-8,14H,6H2,1H3. The Morgan fingerprint density at radius 2 is 2.06 bits per heavy atom. The summed E-state index contributed by atoms with van der Waals surface area (Å²) in [4.78, 5) is 8.11. The van der Waals surface area contributed by atoms with Gasteiger partial charge in [0.1, 0.15) is 5.15 Å². The molecule has 0 aliphatic rings. The van der Waals surface area contributed by atoms with E-state index in [0.29, 0.717) is 17.6 Å². The molecule has 0 bridgehead atoms. The number of rotatable bonds is 4. The number of anilines is 1.